The zero-order valence-electron chi connectivity index (χ0n) is 14.9. The molecule has 1 aliphatic heterocycles. The van der Waals surface area contributed by atoms with Crippen LogP contribution in [0.5, 0.6) is 5.75 Å². The Kier molecular flexibility index (Phi) is 4.89. The maximum absolute atomic E-state index is 13.6. The van der Waals surface area contributed by atoms with Crippen molar-refractivity contribution in [3.63, 3.8) is 0 Å². The number of rotatable bonds is 6. The van der Waals surface area contributed by atoms with Crippen LogP contribution >= 0.6 is 0 Å². The molecular weight excluding hydrogens is 326 g/mol. The van der Waals surface area contributed by atoms with Crippen LogP contribution in [0.15, 0.2) is 48.8 Å². The number of likely N-dealkylation sites (tertiary alicyclic amines) is 1. The van der Waals surface area contributed by atoms with E-state index in [1.54, 1.807) is 18.3 Å². The van der Waals surface area contributed by atoms with Crippen LogP contribution < -0.4 is 0 Å². The molecule has 1 atom stereocenters. The molecule has 136 valence electrons. The Morgan fingerprint density at radius 3 is 2.69 bits per heavy atom. The van der Waals surface area contributed by atoms with Gasteiger partial charge < -0.3 is 10.0 Å². The number of aromatic nitrogens is 1. The van der Waals surface area contributed by atoms with Crippen LogP contribution in [-0.2, 0) is 11.3 Å². The van der Waals surface area contributed by atoms with Gasteiger partial charge in [-0.1, -0.05) is 18.2 Å². The highest BCUT2D eigenvalue weighted by molar-refractivity contribution is 5.84. The molecule has 0 spiro atoms. The van der Waals surface area contributed by atoms with E-state index in [1.807, 2.05) is 35.4 Å². The number of carbonyl (C=O) groups excluding carboxylic acids is 1. The summed E-state index contributed by atoms with van der Waals surface area (Å²) in [5.74, 6) is 0.403. The average molecular weight is 351 g/mol. The first kappa shape index (κ1) is 17.0. The molecule has 2 aliphatic rings. The summed E-state index contributed by atoms with van der Waals surface area (Å²) in [6.45, 7) is 2.45. The lowest BCUT2D eigenvalue weighted by molar-refractivity contribution is -0.138. The number of hydrogen-bond acceptors (Lipinski definition) is 4. The first-order valence-corrected chi connectivity index (χ1v) is 9.45. The predicted octanol–water partition coefficient (Wildman–Crippen LogP) is 3.12. The van der Waals surface area contributed by atoms with Crippen molar-refractivity contribution in [2.24, 2.45) is 0 Å². The third kappa shape index (κ3) is 3.73. The minimum atomic E-state index is -0.260. The Morgan fingerprint density at radius 1 is 1.23 bits per heavy atom. The molecule has 1 unspecified atom stereocenters. The zero-order chi connectivity index (χ0) is 17.9. The van der Waals surface area contributed by atoms with Gasteiger partial charge in [-0.25, -0.2) is 0 Å². The van der Waals surface area contributed by atoms with E-state index in [-0.39, 0.29) is 17.7 Å². The fraction of sp³-hybridized carbons (Fsp3) is 0.429. The minimum Gasteiger partial charge on any atom is -0.508 e. The van der Waals surface area contributed by atoms with Crippen molar-refractivity contribution in [3.8, 4) is 5.75 Å². The van der Waals surface area contributed by atoms with Crippen LogP contribution in [0.1, 0.15) is 42.9 Å². The summed E-state index contributed by atoms with van der Waals surface area (Å²) >= 11 is 0. The van der Waals surface area contributed by atoms with Crippen molar-refractivity contribution in [2.75, 3.05) is 13.1 Å². The summed E-state index contributed by atoms with van der Waals surface area (Å²) in [6, 6.07) is 11.2. The van der Waals surface area contributed by atoms with Crippen LogP contribution in [0.3, 0.4) is 0 Å². The van der Waals surface area contributed by atoms with Gasteiger partial charge in [0.1, 0.15) is 11.8 Å². The van der Waals surface area contributed by atoms with E-state index in [9.17, 15) is 9.90 Å². The van der Waals surface area contributed by atoms with Crippen LogP contribution in [0.2, 0.25) is 0 Å². The first-order chi connectivity index (χ1) is 12.7. The Morgan fingerprint density at radius 2 is 2.04 bits per heavy atom. The molecular formula is C21H25N3O2. The fourth-order valence-corrected chi connectivity index (χ4v) is 3.83. The molecule has 5 heteroatoms. The quantitative estimate of drug-likeness (QED) is 0.869. The van der Waals surface area contributed by atoms with Crippen LogP contribution in [0, 0.1) is 0 Å². The second-order valence-electron chi connectivity index (χ2n) is 7.30. The van der Waals surface area contributed by atoms with Crippen LogP contribution in [-0.4, -0.2) is 44.9 Å². The summed E-state index contributed by atoms with van der Waals surface area (Å²) < 4.78 is 0. The van der Waals surface area contributed by atoms with Gasteiger partial charge in [0.15, 0.2) is 0 Å². The standard InChI is InChI=1S/C21H25N3O2/c25-19-7-3-5-16(13-19)15-24(18-8-9-18)21(26)20(23-11-1-2-12-23)17-6-4-10-22-14-17/h3-7,10,13-14,18,20,25H,1-2,8-9,11-12,15H2. The molecule has 0 bridgehead atoms. The van der Waals surface area contributed by atoms with E-state index in [0.717, 1.165) is 49.9 Å². The van der Waals surface area contributed by atoms with Gasteiger partial charge in [-0.15, -0.1) is 0 Å². The molecule has 4 rings (SSSR count). The molecule has 1 amide bonds. The average Bonchev–Trinajstić information content (AvgIpc) is 3.36. The van der Waals surface area contributed by atoms with Gasteiger partial charge >= 0.3 is 0 Å². The SMILES string of the molecule is O=C(C(c1cccnc1)N1CCCC1)N(Cc1cccc(O)c1)C1CC1. The summed E-state index contributed by atoms with van der Waals surface area (Å²) in [4.78, 5) is 22.1. The minimum absolute atomic E-state index is 0.158. The summed E-state index contributed by atoms with van der Waals surface area (Å²) in [6.07, 6.45) is 7.97. The Hall–Kier alpha value is -2.40. The van der Waals surface area contributed by atoms with Crippen LogP contribution in [0.4, 0.5) is 0 Å². The molecule has 1 aromatic heterocycles. The van der Waals surface area contributed by atoms with E-state index in [2.05, 4.69) is 9.88 Å². The van der Waals surface area contributed by atoms with Crippen molar-refractivity contribution in [1.82, 2.24) is 14.8 Å². The number of benzene rings is 1. The highest BCUT2D eigenvalue weighted by Crippen LogP contribution is 2.34. The number of nitrogens with zero attached hydrogens (tertiary/aromatic N) is 3. The summed E-state index contributed by atoms with van der Waals surface area (Å²) in [5, 5.41) is 9.76. The molecule has 2 aromatic rings. The van der Waals surface area contributed by atoms with E-state index >= 15 is 0 Å². The zero-order valence-corrected chi connectivity index (χ0v) is 14.9. The van der Waals surface area contributed by atoms with Crippen molar-refractivity contribution in [1.29, 1.82) is 0 Å². The largest absolute Gasteiger partial charge is 0.508 e. The van der Waals surface area contributed by atoms with Crippen molar-refractivity contribution < 1.29 is 9.90 Å². The summed E-state index contributed by atoms with van der Waals surface area (Å²) in [5.41, 5.74) is 1.94. The third-order valence-corrected chi connectivity index (χ3v) is 5.27. The molecule has 1 saturated carbocycles. The van der Waals surface area contributed by atoms with Gasteiger partial charge in [0.2, 0.25) is 5.91 Å². The lowest BCUT2D eigenvalue weighted by atomic mass is 10.1. The molecule has 26 heavy (non-hydrogen) atoms. The third-order valence-electron chi connectivity index (χ3n) is 5.27. The Balaban J connectivity index is 1.61. The smallest absolute Gasteiger partial charge is 0.245 e. The number of aromatic hydroxyl groups is 1. The van der Waals surface area contributed by atoms with Gasteiger partial charge in [-0.2, -0.15) is 0 Å². The van der Waals surface area contributed by atoms with E-state index in [1.165, 1.54) is 0 Å². The molecule has 1 aromatic carbocycles. The maximum atomic E-state index is 13.6. The Bertz CT molecular complexity index is 755. The number of carbonyl (C=O) groups is 1. The van der Waals surface area contributed by atoms with Crippen LogP contribution in [0.25, 0.3) is 0 Å². The van der Waals surface area contributed by atoms with E-state index in [4.69, 9.17) is 0 Å². The monoisotopic (exact) mass is 351 g/mol. The normalized spacial score (nSPS) is 18.6. The topological polar surface area (TPSA) is 56.7 Å². The lowest BCUT2D eigenvalue weighted by Gasteiger charge is -2.33. The van der Waals surface area contributed by atoms with Crippen molar-refractivity contribution in [2.45, 2.75) is 44.3 Å². The van der Waals surface area contributed by atoms with Gasteiger partial charge in [-0.3, -0.25) is 14.7 Å². The fourth-order valence-electron chi connectivity index (χ4n) is 3.83. The second-order valence-corrected chi connectivity index (χ2v) is 7.30. The van der Waals surface area contributed by atoms with Gasteiger partial charge in [0, 0.05) is 25.0 Å². The Labute approximate surface area is 154 Å². The maximum Gasteiger partial charge on any atom is 0.245 e. The van der Waals surface area contributed by atoms with E-state index in [0.29, 0.717) is 12.6 Å². The number of phenolic OH excluding ortho intramolecular Hbond substituents is 1. The lowest BCUT2D eigenvalue weighted by Crippen LogP contribution is -2.43. The molecule has 1 aliphatic carbocycles. The van der Waals surface area contributed by atoms with Gasteiger partial charge in [0.25, 0.3) is 0 Å². The predicted molar refractivity (Wildman–Crippen MR) is 99.5 cm³/mol. The molecule has 0 radical (unpaired) electrons. The van der Waals surface area contributed by atoms with Gasteiger partial charge in [0.05, 0.1) is 0 Å². The van der Waals surface area contributed by atoms with E-state index < -0.39 is 0 Å². The number of phenols is 1. The molecule has 5 nitrogen and oxygen atoms in total. The number of amides is 1. The highest BCUT2D eigenvalue weighted by Gasteiger charge is 2.39. The number of hydrogen-bond donors (Lipinski definition) is 1. The van der Waals surface area contributed by atoms with Gasteiger partial charge in [-0.05, 0) is 68.1 Å². The number of pyridine rings is 1. The first-order valence-electron chi connectivity index (χ1n) is 9.45. The van der Waals surface area contributed by atoms with Crippen molar-refractivity contribution in [3.05, 3.63) is 59.9 Å². The highest BCUT2D eigenvalue weighted by atomic mass is 16.3. The second kappa shape index (κ2) is 7.46. The van der Waals surface area contributed by atoms with Crippen molar-refractivity contribution >= 4 is 5.91 Å². The summed E-state index contributed by atoms with van der Waals surface area (Å²) in [7, 11) is 0. The molecule has 1 saturated heterocycles. The molecule has 1 N–H and O–H groups in total. The molecule has 2 fully saturated rings. The molecule has 2 heterocycles.